The standard InChI is InChI=1S/C21H20N4O/c1-14-7-9-17(10-8-14)25-20(11-15(2)24-25)23-21(26)12-16-13-22-19-6-4-3-5-18(16)19/h3-11,13,22H,12H2,1-2H3,(H,23,26). The van der Waals surface area contributed by atoms with Crippen LogP contribution in [0.5, 0.6) is 0 Å². The summed E-state index contributed by atoms with van der Waals surface area (Å²) in [6.07, 6.45) is 2.20. The topological polar surface area (TPSA) is 62.7 Å². The molecule has 130 valence electrons. The van der Waals surface area contributed by atoms with E-state index in [-0.39, 0.29) is 5.91 Å². The summed E-state index contributed by atoms with van der Waals surface area (Å²) in [7, 11) is 0. The Morgan fingerprint density at radius 2 is 1.88 bits per heavy atom. The van der Waals surface area contributed by atoms with E-state index in [2.05, 4.69) is 15.4 Å². The Bertz CT molecular complexity index is 1070. The number of rotatable bonds is 4. The summed E-state index contributed by atoms with van der Waals surface area (Å²) in [6, 6.07) is 17.9. The van der Waals surface area contributed by atoms with E-state index >= 15 is 0 Å². The van der Waals surface area contributed by atoms with Crippen LogP contribution in [0.4, 0.5) is 5.82 Å². The summed E-state index contributed by atoms with van der Waals surface area (Å²) in [5, 5.41) is 8.58. The molecular weight excluding hydrogens is 324 g/mol. The van der Waals surface area contributed by atoms with Crippen molar-refractivity contribution in [3.05, 3.63) is 77.6 Å². The molecule has 2 aromatic carbocycles. The Labute approximate surface area is 151 Å². The second kappa shape index (κ2) is 6.52. The van der Waals surface area contributed by atoms with Crippen LogP contribution >= 0.6 is 0 Å². The molecule has 0 saturated carbocycles. The number of benzene rings is 2. The number of aromatic nitrogens is 3. The highest BCUT2D eigenvalue weighted by Crippen LogP contribution is 2.20. The van der Waals surface area contributed by atoms with E-state index in [1.54, 1.807) is 4.68 Å². The predicted octanol–water partition coefficient (Wildman–Crippen LogP) is 4.15. The maximum atomic E-state index is 12.6. The first kappa shape index (κ1) is 16.1. The van der Waals surface area contributed by atoms with Crippen LogP contribution in [0.25, 0.3) is 16.6 Å². The number of H-pyrrole nitrogens is 1. The Kier molecular flexibility index (Phi) is 4.05. The van der Waals surface area contributed by atoms with Gasteiger partial charge in [-0.05, 0) is 37.6 Å². The molecule has 0 atom stereocenters. The molecule has 1 amide bonds. The number of amides is 1. The minimum Gasteiger partial charge on any atom is -0.361 e. The van der Waals surface area contributed by atoms with Gasteiger partial charge in [0.25, 0.3) is 0 Å². The number of fused-ring (bicyclic) bond motifs is 1. The fourth-order valence-corrected chi connectivity index (χ4v) is 3.11. The molecule has 5 nitrogen and oxygen atoms in total. The number of carbonyl (C=O) groups is 1. The zero-order valence-electron chi connectivity index (χ0n) is 14.8. The van der Waals surface area contributed by atoms with Crippen LogP contribution in [0, 0.1) is 13.8 Å². The van der Waals surface area contributed by atoms with Crippen molar-refractivity contribution in [1.82, 2.24) is 14.8 Å². The largest absolute Gasteiger partial charge is 0.361 e. The number of hydrogen-bond donors (Lipinski definition) is 2. The summed E-state index contributed by atoms with van der Waals surface area (Å²) < 4.78 is 1.77. The molecule has 2 aromatic heterocycles. The summed E-state index contributed by atoms with van der Waals surface area (Å²) in [5.74, 6) is 0.610. The second-order valence-corrected chi connectivity index (χ2v) is 6.50. The van der Waals surface area contributed by atoms with Crippen molar-refractivity contribution in [2.75, 3.05) is 5.32 Å². The van der Waals surface area contributed by atoms with Crippen LogP contribution < -0.4 is 5.32 Å². The third-order valence-corrected chi connectivity index (χ3v) is 4.40. The summed E-state index contributed by atoms with van der Waals surface area (Å²) in [6.45, 7) is 3.96. The Morgan fingerprint density at radius 3 is 2.69 bits per heavy atom. The van der Waals surface area contributed by atoms with Gasteiger partial charge in [-0.25, -0.2) is 4.68 Å². The molecule has 5 heteroatoms. The molecule has 2 N–H and O–H groups in total. The van der Waals surface area contributed by atoms with Gasteiger partial charge < -0.3 is 10.3 Å². The van der Waals surface area contributed by atoms with Gasteiger partial charge in [-0.2, -0.15) is 5.10 Å². The van der Waals surface area contributed by atoms with Crippen molar-refractivity contribution in [1.29, 1.82) is 0 Å². The minimum atomic E-state index is -0.0667. The van der Waals surface area contributed by atoms with Gasteiger partial charge in [0.2, 0.25) is 5.91 Å². The van der Waals surface area contributed by atoms with Gasteiger partial charge in [-0.3, -0.25) is 4.79 Å². The van der Waals surface area contributed by atoms with Crippen molar-refractivity contribution in [2.45, 2.75) is 20.3 Å². The fourth-order valence-electron chi connectivity index (χ4n) is 3.11. The molecule has 0 aliphatic rings. The molecular formula is C21H20N4O. The van der Waals surface area contributed by atoms with Crippen LogP contribution in [0.15, 0.2) is 60.8 Å². The molecule has 4 rings (SSSR count). The molecule has 0 radical (unpaired) electrons. The van der Waals surface area contributed by atoms with Gasteiger partial charge in [0.1, 0.15) is 5.82 Å². The lowest BCUT2D eigenvalue weighted by Gasteiger charge is -2.09. The van der Waals surface area contributed by atoms with Crippen LogP contribution in [-0.4, -0.2) is 20.7 Å². The highest BCUT2D eigenvalue weighted by molar-refractivity contribution is 5.95. The lowest BCUT2D eigenvalue weighted by Crippen LogP contribution is -2.17. The van der Waals surface area contributed by atoms with Crippen molar-refractivity contribution in [3.63, 3.8) is 0 Å². The summed E-state index contributed by atoms with van der Waals surface area (Å²) in [5.41, 5.74) is 4.98. The Balaban J connectivity index is 1.57. The number of aryl methyl sites for hydroxylation is 2. The molecule has 4 aromatic rings. The SMILES string of the molecule is Cc1ccc(-n2nc(C)cc2NC(=O)Cc2c[nH]c3ccccc23)cc1. The number of carbonyl (C=O) groups excluding carboxylic acids is 1. The number of hydrogen-bond acceptors (Lipinski definition) is 2. The van der Waals surface area contributed by atoms with Crippen molar-refractivity contribution >= 4 is 22.6 Å². The molecule has 2 heterocycles. The average molecular weight is 344 g/mol. The van der Waals surface area contributed by atoms with Crippen LogP contribution in [-0.2, 0) is 11.2 Å². The van der Waals surface area contributed by atoms with Crippen molar-refractivity contribution in [2.24, 2.45) is 0 Å². The zero-order chi connectivity index (χ0) is 18.1. The van der Waals surface area contributed by atoms with E-state index in [9.17, 15) is 4.79 Å². The fraction of sp³-hybridized carbons (Fsp3) is 0.143. The third kappa shape index (κ3) is 3.11. The number of anilines is 1. The molecule has 0 saturated heterocycles. The minimum absolute atomic E-state index is 0.0667. The van der Waals surface area contributed by atoms with E-state index in [1.165, 1.54) is 5.56 Å². The highest BCUT2D eigenvalue weighted by Gasteiger charge is 2.13. The van der Waals surface area contributed by atoms with E-state index in [4.69, 9.17) is 0 Å². The monoisotopic (exact) mass is 344 g/mol. The van der Waals surface area contributed by atoms with E-state index < -0.39 is 0 Å². The first-order chi connectivity index (χ1) is 12.6. The molecule has 0 bridgehead atoms. The van der Waals surface area contributed by atoms with Gasteiger partial charge in [-0.15, -0.1) is 0 Å². The smallest absolute Gasteiger partial charge is 0.230 e. The molecule has 0 spiro atoms. The lowest BCUT2D eigenvalue weighted by molar-refractivity contribution is -0.115. The summed E-state index contributed by atoms with van der Waals surface area (Å²) >= 11 is 0. The van der Waals surface area contributed by atoms with E-state index in [0.717, 1.165) is 27.8 Å². The Hall–Kier alpha value is -3.34. The average Bonchev–Trinajstić information content (AvgIpc) is 3.19. The van der Waals surface area contributed by atoms with Crippen LogP contribution in [0.3, 0.4) is 0 Å². The quantitative estimate of drug-likeness (QED) is 0.584. The van der Waals surface area contributed by atoms with Gasteiger partial charge in [0, 0.05) is 23.2 Å². The Morgan fingerprint density at radius 1 is 1.12 bits per heavy atom. The van der Waals surface area contributed by atoms with Crippen molar-refractivity contribution in [3.8, 4) is 5.69 Å². The predicted molar refractivity (Wildman–Crippen MR) is 104 cm³/mol. The maximum Gasteiger partial charge on any atom is 0.230 e. The van der Waals surface area contributed by atoms with Gasteiger partial charge in [0.05, 0.1) is 17.8 Å². The molecule has 0 aliphatic heterocycles. The highest BCUT2D eigenvalue weighted by atomic mass is 16.1. The van der Waals surface area contributed by atoms with E-state index in [1.807, 2.05) is 74.6 Å². The number of nitrogens with zero attached hydrogens (tertiary/aromatic N) is 2. The maximum absolute atomic E-state index is 12.6. The first-order valence-corrected chi connectivity index (χ1v) is 8.59. The zero-order valence-corrected chi connectivity index (χ0v) is 14.8. The molecule has 0 fully saturated rings. The molecule has 0 aliphatic carbocycles. The number of para-hydroxylation sites is 1. The second-order valence-electron chi connectivity index (χ2n) is 6.50. The van der Waals surface area contributed by atoms with E-state index in [0.29, 0.717) is 12.2 Å². The van der Waals surface area contributed by atoms with Crippen LogP contribution in [0.1, 0.15) is 16.8 Å². The van der Waals surface area contributed by atoms with Gasteiger partial charge >= 0.3 is 0 Å². The molecule has 0 unspecified atom stereocenters. The molecule has 26 heavy (non-hydrogen) atoms. The van der Waals surface area contributed by atoms with Crippen molar-refractivity contribution < 1.29 is 4.79 Å². The number of nitrogens with one attached hydrogen (secondary N) is 2. The normalized spacial score (nSPS) is 11.0. The van der Waals surface area contributed by atoms with Gasteiger partial charge in [0.15, 0.2) is 0 Å². The summed E-state index contributed by atoms with van der Waals surface area (Å²) in [4.78, 5) is 15.8. The van der Waals surface area contributed by atoms with Crippen LogP contribution in [0.2, 0.25) is 0 Å². The number of aromatic amines is 1. The third-order valence-electron chi connectivity index (χ3n) is 4.40. The van der Waals surface area contributed by atoms with Gasteiger partial charge in [-0.1, -0.05) is 35.9 Å². The first-order valence-electron chi connectivity index (χ1n) is 8.59. The lowest BCUT2D eigenvalue weighted by atomic mass is 10.1.